The summed E-state index contributed by atoms with van der Waals surface area (Å²) in [7, 11) is -3.66. The minimum absolute atomic E-state index is 0.177. The first kappa shape index (κ1) is 14.9. The number of aromatic nitrogens is 2. The Balaban J connectivity index is 1.82. The summed E-state index contributed by atoms with van der Waals surface area (Å²) >= 11 is 0. The van der Waals surface area contributed by atoms with Crippen LogP contribution in [0.1, 0.15) is 18.2 Å². The second-order valence-corrected chi connectivity index (χ2v) is 6.65. The topological polar surface area (TPSA) is 96.1 Å². The van der Waals surface area contributed by atoms with E-state index in [2.05, 4.69) is 20.2 Å². The molecule has 3 N–H and O–H groups in total. The van der Waals surface area contributed by atoms with E-state index >= 15 is 0 Å². The molecular formula is C14H18N4O3S. The first-order valence-electron chi connectivity index (χ1n) is 7.12. The zero-order valence-corrected chi connectivity index (χ0v) is 13.0. The van der Waals surface area contributed by atoms with Crippen molar-refractivity contribution in [2.75, 3.05) is 17.9 Å². The van der Waals surface area contributed by atoms with Gasteiger partial charge in [0.05, 0.1) is 11.5 Å². The van der Waals surface area contributed by atoms with Gasteiger partial charge in [0, 0.05) is 30.8 Å². The van der Waals surface area contributed by atoms with Crippen LogP contribution in [0.5, 0.6) is 5.75 Å². The molecule has 0 fully saturated rings. The van der Waals surface area contributed by atoms with Gasteiger partial charge in [-0.2, -0.15) is 5.10 Å². The maximum absolute atomic E-state index is 12.4. The van der Waals surface area contributed by atoms with Crippen LogP contribution in [0, 0.1) is 0 Å². The lowest BCUT2D eigenvalue weighted by Crippen LogP contribution is -2.24. The Labute approximate surface area is 129 Å². The minimum atomic E-state index is -3.66. The Kier molecular flexibility index (Phi) is 4.04. The van der Waals surface area contributed by atoms with Crippen molar-refractivity contribution in [1.82, 2.24) is 15.5 Å². The first-order valence-corrected chi connectivity index (χ1v) is 8.61. The van der Waals surface area contributed by atoms with E-state index < -0.39 is 10.0 Å². The zero-order valence-electron chi connectivity index (χ0n) is 12.2. The number of hydrogen-bond donors (Lipinski definition) is 3. The zero-order chi connectivity index (χ0) is 15.6. The van der Waals surface area contributed by atoms with Crippen LogP contribution in [0.2, 0.25) is 0 Å². The highest BCUT2D eigenvalue weighted by Gasteiger charge is 2.21. The molecule has 22 heavy (non-hydrogen) atoms. The van der Waals surface area contributed by atoms with Gasteiger partial charge < -0.3 is 10.1 Å². The molecule has 2 aromatic rings. The molecule has 0 aliphatic carbocycles. The molecule has 1 aromatic heterocycles. The maximum Gasteiger partial charge on any atom is 0.263 e. The van der Waals surface area contributed by atoms with E-state index in [4.69, 9.17) is 4.74 Å². The number of nitrogens with one attached hydrogen (secondary N) is 3. The van der Waals surface area contributed by atoms with Gasteiger partial charge in [0.15, 0.2) is 5.82 Å². The fraction of sp³-hybridized carbons (Fsp3) is 0.357. The molecule has 0 unspecified atom stereocenters. The summed E-state index contributed by atoms with van der Waals surface area (Å²) in [6, 6.07) is 6.31. The SMILES string of the molecule is CCOc1ccc(S(=O)(=O)Nc2n[nH]c3c2CNCC3)cc1. The molecule has 0 saturated carbocycles. The molecule has 0 saturated heterocycles. The van der Waals surface area contributed by atoms with Crippen LogP contribution in [0.4, 0.5) is 5.82 Å². The second kappa shape index (κ2) is 5.98. The Bertz CT molecular complexity index is 753. The Morgan fingerprint density at radius 3 is 2.82 bits per heavy atom. The minimum Gasteiger partial charge on any atom is -0.494 e. The molecule has 118 valence electrons. The average molecular weight is 322 g/mol. The monoisotopic (exact) mass is 322 g/mol. The van der Waals surface area contributed by atoms with Gasteiger partial charge in [0.25, 0.3) is 10.0 Å². The fourth-order valence-electron chi connectivity index (χ4n) is 2.38. The van der Waals surface area contributed by atoms with Gasteiger partial charge in [0.2, 0.25) is 0 Å². The van der Waals surface area contributed by atoms with Crippen LogP contribution in [0.15, 0.2) is 29.2 Å². The highest BCUT2D eigenvalue weighted by atomic mass is 32.2. The van der Waals surface area contributed by atoms with Crippen LogP contribution >= 0.6 is 0 Å². The van der Waals surface area contributed by atoms with E-state index in [0.29, 0.717) is 24.7 Å². The lowest BCUT2D eigenvalue weighted by atomic mass is 10.1. The van der Waals surface area contributed by atoms with Gasteiger partial charge in [-0.3, -0.25) is 9.82 Å². The number of benzene rings is 1. The van der Waals surface area contributed by atoms with E-state index in [1.165, 1.54) is 12.1 Å². The van der Waals surface area contributed by atoms with Gasteiger partial charge in [0.1, 0.15) is 5.75 Å². The molecular weight excluding hydrogens is 304 g/mol. The van der Waals surface area contributed by atoms with Crippen molar-refractivity contribution in [2.45, 2.75) is 24.8 Å². The average Bonchev–Trinajstić information content (AvgIpc) is 2.91. The van der Waals surface area contributed by atoms with E-state index in [1.54, 1.807) is 12.1 Å². The normalized spacial score (nSPS) is 14.4. The third-order valence-electron chi connectivity index (χ3n) is 3.48. The van der Waals surface area contributed by atoms with Gasteiger partial charge in [-0.05, 0) is 31.2 Å². The molecule has 1 aromatic carbocycles. The number of sulfonamides is 1. The maximum atomic E-state index is 12.4. The highest BCUT2D eigenvalue weighted by molar-refractivity contribution is 7.92. The Morgan fingerprint density at radius 1 is 1.32 bits per heavy atom. The molecule has 8 heteroatoms. The van der Waals surface area contributed by atoms with Crippen molar-refractivity contribution in [1.29, 1.82) is 0 Å². The van der Waals surface area contributed by atoms with Crippen LogP contribution in [-0.2, 0) is 23.0 Å². The summed E-state index contributed by atoms with van der Waals surface area (Å²) in [6.07, 6.45) is 0.813. The number of ether oxygens (including phenoxy) is 1. The summed E-state index contributed by atoms with van der Waals surface area (Å²) in [6.45, 7) is 3.88. The van der Waals surface area contributed by atoms with Crippen molar-refractivity contribution in [3.63, 3.8) is 0 Å². The molecule has 1 aliphatic heterocycles. The lowest BCUT2D eigenvalue weighted by Gasteiger charge is -2.13. The summed E-state index contributed by atoms with van der Waals surface area (Å²) in [5.74, 6) is 0.999. The standard InChI is InChI=1S/C14H18N4O3S/c1-2-21-10-3-5-11(6-4-10)22(19,20)18-14-12-9-15-8-7-13(12)16-17-14/h3-6,15H,2,7-9H2,1H3,(H2,16,17,18). The van der Waals surface area contributed by atoms with E-state index in [1.807, 2.05) is 6.92 Å². The number of hydrogen-bond acceptors (Lipinski definition) is 5. The van der Waals surface area contributed by atoms with Crippen molar-refractivity contribution in [3.05, 3.63) is 35.5 Å². The van der Waals surface area contributed by atoms with Crippen molar-refractivity contribution >= 4 is 15.8 Å². The summed E-state index contributed by atoms with van der Waals surface area (Å²) in [5.41, 5.74) is 1.85. The highest BCUT2D eigenvalue weighted by Crippen LogP contribution is 2.23. The van der Waals surface area contributed by atoms with Crippen molar-refractivity contribution in [2.24, 2.45) is 0 Å². The summed E-state index contributed by atoms with van der Waals surface area (Å²) in [4.78, 5) is 0.177. The van der Waals surface area contributed by atoms with Crippen LogP contribution in [0.3, 0.4) is 0 Å². The molecule has 0 spiro atoms. The van der Waals surface area contributed by atoms with E-state index in [0.717, 1.165) is 24.2 Å². The lowest BCUT2D eigenvalue weighted by molar-refractivity contribution is 0.340. The number of nitrogens with zero attached hydrogens (tertiary/aromatic N) is 1. The van der Waals surface area contributed by atoms with E-state index in [-0.39, 0.29) is 4.90 Å². The summed E-state index contributed by atoms with van der Waals surface area (Å²) in [5, 5.41) is 10.2. The number of rotatable bonds is 5. The molecule has 0 radical (unpaired) electrons. The van der Waals surface area contributed by atoms with Gasteiger partial charge in [-0.1, -0.05) is 0 Å². The van der Waals surface area contributed by atoms with E-state index in [9.17, 15) is 8.42 Å². The molecule has 1 aliphatic rings. The molecule has 7 nitrogen and oxygen atoms in total. The molecule has 0 bridgehead atoms. The molecule has 2 heterocycles. The van der Waals surface area contributed by atoms with Gasteiger partial charge >= 0.3 is 0 Å². The first-order chi connectivity index (χ1) is 10.6. The van der Waals surface area contributed by atoms with Gasteiger partial charge in [-0.25, -0.2) is 8.42 Å². The van der Waals surface area contributed by atoms with Gasteiger partial charge in [-0.15, -0.1) is 0 Å². The summed E-state index contributed by atoms with van der Waals surface area (Å²) < 4.78 is 32.7. The van der Waals surface area contributed by atoms with Crippen LogP contribution in [0.25, 0.3) is 0 Å². The predicted molar refractivity (Wildman–Crippen MR) is 82.4 cm³/mol. The second-order valence-electron chi connectivity index (χ2n) is 4.97. The molecule has 0 atom stereocenters. The third-order valence-corrected chi connectivity index (χ3v) is 4.84. The van der Waals surface area contributed by atoms with Crippen LogP contribution in [-0.4, -0.2) is 31.8 Å². The smallest absolute Gasteiger partial charge is 0.263 e. The quantitative estimate of drug-likeness (QED) is 0.770. The number of fused-ring (bicyclic) bond motifs is 1. The number of aromatic amines is 1. The molecule has 3 rings (SSSR count). The largest absolute Gasteiger partial charge is 0.494 e. The van der Waals surface area contributed by atoms with Crippen molar-refractivity contribution < 1.29 is 13.2 Å². The Hall–Kier alpha value is -2.06. The number of H-pyrrole nitrogens is 1. The number of anilines is 1. The van der Waals surface area contributed by atoms with Crippen molar-refractivity contribution in [3.8, 4) is 5.75 Å². The fourth-order valence-corrected chi connectivity index (χ4v) is 3.41. The predicted octanol–water partition coefficient (Wildman–Crippen LogP) is 1.25. The Morgan fingerprint density at radius 2 is 2.09 bits per heavy atom. The molecule has 0 amide bonds. The third kappa shape index (κ3) is 2.93. The van der Waals surface area contributed by atoms with Crippen LogP contribution < -0.4 is 14.8 Å².